The minimum atomic E-state index is -1.33. The van der Waals surface area contributed by atoms with E-state index in [9.17, 15) is 0 Å². The van der Waals surface area contributed by atoms with Crippen LogP contribution in [0.1, 0.15) is 77.0 Å². The van der Waals surface area contributed by atoms with Crippen LogP contribution in [-0.4, -0.2) is 18.0 Å². The van der Waals surface area contributed by atoms with Crippen LogP contribution in [0.2, 0.25) is 19.6 Å². The van der Waals surface area contributed by atoms with Gasteiger partial charge in [0.05, 0.1) is 13.7 Å². The first kappa shape index (κ1) is 34.9. The number of fused-ring (bicyclic) bond motifs is 4. The van der Waals surface area contributed by atoms with Gasteiger partial charge in [-0.05, 0) is 64.4 Å². The molecule has 0 bridgehead atoms. The predicted octanol–water partition coefficient (Wildman–Crippen LogP) is 11.0. The van der Waals surface area contributed by atoms with Crippen LogP contribution < -0.4 is 5.19 Å². The number of hydrogen-bond donors (Lipinski definition) is 0. The molecule has 1 aliphatic carbocycles. The molecule has 0 spiro atoms. The van der Waals surface area contributed by atoms with Gasteiger partial charge in [0.25, 0.3) is 0 Å². The van der Waals surface area contributed by atoms with E-state index in [1.54, 1.807) is 6.20 Å². The molecular weight excluding hydrogens is 769 g/mol. The average molecular weight is 815 g/mol. The van der Waals surface area contributed by atoms with Crippen molar-refractivity contribution in [3.63, 3.8) is 0 Å². The van der Waals surface area contributed by atoms with E-state index in [1.165, 1.54) is 34.7 Å². The molecule has 0 amide bonds. The Morgan fingerprint density at radius 3 is 2.17 bits per heavy atom. The van der Waals surface area contributed by atoms with Crippen LogP contribution in [0.3, 0.4) is 0 Å². The Balaban J connectivity index is 0.000000181. The van der Waals surface area contributed by atoms with Crippen LogP contribution in [0.15, 0.2) is 89.6 Å². The molecule has 0 N–H and O–H groups in total. The van der Waals surface area contributed by atoms with Gasteiger partial charge in [-0.1, -0.05) is 108 Å². The maximum atomic E-state index is 6.10. The topological polar surface area (TPSA) is 38.9 Å². The third-order valence-corrected chi connectivity index (χ3v) is 11.8. The number of benzene rings is 3. The second-order valence-corrected chi connectivity index (χ2v) is 20.5. The van der Waals surface area contributed by atoms with Gasteiger partial charge in [0.2, 0.25) is 0 Å². The molecular formula is C42H46IrN2OSi-2. The first-order valence-electron chi connectivity index (χ1n) is 16.6. The smallest absolute Gasteiger partial charge is 0.120 e. The van der Waals surface area contributed by atoms with Gasteiger partial charge in [-0.3, -0.25) is 0 Å². The van der Waals surface area contributed by atoms with Crippen LogP contribution >= 0.6 is 0 Å². The molecule has 245 valence electrons. The quantitative estimate of drug-likeness (QED) is 0.131. The maximum Gasteiger partial charge on any atom is 0.120 e. The van der Waals surface area contributed by atoms with E-state index >= 15 is 0 Å². The molecule has 1 radical (unpaired) electrons. The molecule has 0 atom stereocenters. The Morgan fingerprint density at radius 1 is 0.766 bits per heavy atom. The van der Waals surface area contributed by atoms with Crippen LogP contribution in [0.5, 0.6) is 0 Å². The Morgan fingerprint density at radius 2 is 1.49 bits per heavy atom. The van der Waals surface area contributed by atoms with Crippen molar-refractivity contribution in [3.05, 3.63) is 114 Å². The van der Waals surface area contributed by atoms with Crippen LogP contribution in [-0.2, 0) is 30.9 Å². The molecule has 5 heteroatoms. The zero-order valence-corrected chi connectivity index (χ0v) is 32.6. The van der Waals surface area contributed by atoms with Gasteiger partial charge in [-0.2, -0.15) is 0 Å². The number of pyridine rings is 2. The molecule has 3 aromatic carbocycles. The van der Waals surface area contributed by atoms with Gasteiger partial charge in [0.1, 0.15) is 5.58 Å². The number of furan rings is 1. The minimum absolute atomic E-state index is 0. The van der Waals surface area contributed by atoms with E-state index < -0.39 is 8.07 Å². The molecule has 0 saturated carbocycles. The summed E-state index contributed by atoms with van der Waals surface area (Å²) >= 11 is 0. The standard InChI is InChI=1S/C22H30NSi.C20H16NO.Ir/c1-21(2)11-12-22(3,4)19-14-16(8-9-18(19)21)20-15-17(10-13-23-20)24(5,6)7;1-13(2)14-9-10-19-17(12-14)15-6-5-7-16(20(15)22-19)18-8-3-4-11-21-18;/h9-10,13-15H,11-12H2,1-7H3;3-6,8-13H,1-2H3;/q2*-1;. The maximum absolute atomic E-state index is 6.10. The zero-order chi connectivity index (χ0) is 32.9. The van der Waals surface area contributed by atoms with E-state index in [0.29, 0.717) is 5.92 Å². The van der Waals surface area contributed by atoms with Crippen LogP contribution in [0.4, 0.5) is 0 Å². The van der Waals surface area contributed by atoms with Gasteiger partial charge < -0.3 is 14.4 Å². The minimum Gasteiger partial charge on any atom is -0.501 e. The Kier molecular flexibility index (Phi) is 9.86. The summed E-state index contributed by atoms with van der Waals surface area (Å²) in [5.74, 6) is 0.500. The van der Waals surface area contributed by atoms with Crippen molar-refractivity contribution in [2.24, 2.45) is 0 Å². The third-order valence-electron chi connectivity index (χ3n) is 9.73. The molecule has 0 unspecified atom stereocenters. The van der Waals surface area contributed by atoms with Crippen LogP contribution in [0, 0.1) is 12.1 Å². The van der Waals surface area contributed by atoms with Crippen molar-refractivity contribution in [1.82, 2.24) is 9.97 Å². The monoisotopic (exact) mass is 815 g/mol. The van der Waals surface area contributed by atoms with E-state index in [-0.39, 0.29) is 30.9 Å². The molecule has 0 saturated heterocycles. The summed E-state index contributed by atoms with van der Waals surface area (Å²) in [6.07, 6.45) is 6.23. The van der Waals surface area contributed by atoms with Gasteiger partial charge in [-0.15, -0.1) is 53.1 Å². The van der Waals surface area contributed by atoms with E-state index in [1.807, 2.05) is 30.5 Å². The summed E-state index contributed by atoms with van der Waals surface area (Å²) in [5.41, 5.74) is 10.5. The molecule has 47 heavy (non-hydrogen) atoms. The summed E-state index contributed by atoms with van der Waals surface area (Å²) < 4.78 is 6.10. The van der Waals surface area contributed by atoms with Crippen molar-refractivity contribution in [2.45, 2.75) is 90.8 Å². The number of hydrogen-bond acceptors (Lipinski definition) is 3. The fourth-order valence-electron chi connectivity index (χ4n) is 6.52. The molecule has 3 aromatic heterocycles. The normalized spacial score (nSPS) is 15.1. The Hall–Kier alpha value is -3.37. The molecule has 7 rings (SSSR count). The van der Waals surface area contributed by atoms with Gasteiger partial charge in [0.15, 0.2) is 0 Å². The average Bonchev–Trinajstić information content (AvgIpc) is 3.42. The van der Waals surface area contributed by atoms with Crippen molar-refractivity contribution in [3.8, 4) is 22.5 Å². The first-order chi connectivity index (χ1) is 21.7. The Bertz CT molecular complexity index is 2020. The van der Waals surface area contributed by atoms with E-state index in [4.69, 9.17) is 4.42 Å². The molecule has 3 heterocycles. The fourth-order valence-corrected chi connectivity index (χ4v) is 7.66. The third kappa shape index (κ3) is 7.09. The second kappa shape index (κ2) is 13.3. The Labute approximate surface area is 295 Å². The molecule has 3 nitrogen and oxygen atoms in total. The summed E-state index contributed by atoms with van der Waals surface area (Å²) in [6, 6.07) is 32.2. The molecule has 0 aliphatic heterocycles. The van der Waals surface area contributed by atoms with Gasteiger partial charge in [-0.25, -0.2) is 0 Å². The number of rotatable bonds is 4. The SMILES string of the molecule is CC(C)c1ccc2oc3c(-c4ccccn4)[c-]ccc3c2c1.CC1(C)CCC(C)(C)c2cc(-c3cc([Si](C)(C)C)ccn3)[c-]cc21.[Ir]. The summed E-state index contributed by atoms with van der Waals surface area (Å²) in [4.78, 5) is 9.07. The predicted molar refractivity (Wildman–Crippen MR) is 197 cm³/mol. The summed E-state index contributed by atoms with van der Waals surface area (Å²) in [7, 11) is -1.33. The van der Waals surface area contributed by atoms with Gasteiger partial charge in [0, 0.05) is 37.9 Å². The van der Waals surface area contributed by atoms with E-state index in [0.717, 1.165) is 44.5 Å². The molecule has 1 aliphatic rings. The number of aromatic nitrogens is 2. The van der Waals surface area contributed by atoms with Crippen molar-refractivity contribution in [1.29, 1.82) is 0 Å². The van der Waals surface area contributed by atoms with Crippen LogP contribution in [0.25, 0.3) is 44.5 Å². The first-order valence-corrected chi connectivity index (χ1v) is 20.1. The number of nitrogens with zero attached hydrogens (tertiary/aromatic N) is 2. The van der Waals surface area contributed by atoms with Crippen molar-refractivity contribution < 1.29 is 24.5 Å². The zero-order valence-electron chi connectivity index (χ0n) is 29.2. The second-order valence-electron chi connectivity index (χ2n) is 15.4. The summed E-state index contributed by atoms with van der Waals surface area (Å²) in [5, 5.41) is 3.74. The fraction of sp³-hybridized carbons (Fsp3) is 0.333. The van der Waals surface area contributed by atoms with Gasteiger partial charge >= 0.3 is 0 Å². The summed E-state index contributed by atoms with van der Waals surface area (Å²) in [6.45, 7) is 21.0. The largest absolute Gasteiger partial charge is 0.501 e. The van der Waals surface area contributed by atoms with Crippen molar-refractivity contribution in [2.75, 3.05) is 0 Å². The molecule has 0 fully saturated rings. The molecule has 6 aromatic rings. The van der Waals surface area contributed by atoms with Crippen molar-refractivity contribution >= 4 is 35.2 Å². The van der Waals surface area contributed by atoms with E-state index in [2.05, 4.69) is 132 Å².